The summed E-state index contributed by atoms with van der Waals surface area (Å²) in [6, 6.07) is 4.87. The first-order valence-corrected chi connectivity index (χ1v) is 6.22. The van der Waals surface area contributed by atoms with Gasteiger partial charge in [0.1, 0.15) is 5.75 Å². The highest BCUT2D eigenvalue weighted by Crippen LogP contribution is 2.22. The van der Waals surface area contributed by atoms with Gasteiger partial charge in [0.15, 0.2) is 0 Å². The van der Waals surface area contributed by atoms with Gasteiger partial charge in [0.2, 0.25) is 0 Å². The highest BCUT2D eigenvalue weighted by Gasteiger charge is 2.25. The van der Waals surface area contributed by atoms with Gasteiger partial charge in [-0.3, -0.25) is 4.79 Å². The van der Waals surface area contributed by atoms with E-state index in [9.17, 15) is 9.90 Å². The van der Waals surface area contributed by atoms with Gasteiger partial charge < -0.3 is 10.0 Å². The summed E-state index contributed by atoms with van der Waals surface area (Å²) < 4.78 is 0. The number of carbonyl (C=O) groups is 1. The number of likely N-dealkylation sites (tertiary alicyclic amines) is 1. The van der Waals surface area contributed by atoms with Crippen LogP contribution >= 0.6 is 15.9 Å². The Kier molecular flexibility index (Phi) is 3.19. The molecule has 1 atom stereocenters. The Morgan fingerprint density at radius 2 is 2.31 bits per heavy atom. The molecule has 1 fully saturated rings. The molecule has 0 spiro atoms. The minimum atomic E-state index is 0.0550. The maximum absolute atomic E-state index is 12.1. The summed E-state index contributed by atoms with van der Waals surface area (Å²) in [5.41, 5.74) is 1.50. The molecule has 0 bridgehead atoms. The number of hydrogen-bond donors (Lipinski definition) is 1. The van der Waals surface area contributed by atoms with E-state index in [2.05, 4.69) is 15.9 Å². The number of hydrogen-bond acceptors (Lipinski definition) is 2. The molecule has 3 nitrogen and oxygen atoms in total. The third-order valence-corrected chi connectivity index (χ3v) is 3.61. The minimum absolute atomic E-state index is 0.0550. The monoisotopic (exact) mass is 283 g/mol. The second-order valence-electron chi connectivity index (χ2n) is 4.14. The van der Waals surface area contributed by atoms with Crippen molar-refractivity contribution in [3.8, 4) is 5.75 Å². The number of halogens is 1. The molecular formula is C12H14BrNO2. The molecule has 4 heteroatoms. The largest absolute Gasteiger partial charge is 0.508 e. The van der Waals surface area contributed by atoms with Crippen molar-refractivity contribution < 1.29 is 9.90 Å². The number of amides is 1. The maximum atomic E-state index is 12.1. The van der Waals surface area contributed by atoms with Crippen LogP contribution in [0.5, 0.6) is 5.75 Å². The van der Waals surface area contributed by atoms with E-state index < -0.39 is 0 Å². The summed E-state index contributed by atoms with van der Waals surface area (Å²) >= 11 is 3.52. The minimum Gasteiger partial charge on any atom is -0.508 e. The van der Waals surface area contributed by atoms with Crippen LogP contribution in [0.1, 0.15) is 22.3 Å². The van der Waals surface area contributed by atoms with Crippen LogP contribution in [0.2, 0.25) is 0 Å². The second kappa shape index (κ2) is 4.45. The maximum Gasteiger partial charge on any atom is 0.254 e. The van der Waals surface area contributed by atoms with Crippen molar-refractivity contribution in [3.05, 3.63) is 29.3 Å². The number of benzene rings is 1. The first-order valence-electron chi connectivity index (χ1n) is 5.31. The van der Waals surface area contributed by atoms with Gasteiger partial charge in [-0.25, -0.2) is 0 Å². The molecule has 1 aromatic rings. The number of alkyl halides is 1. The Hall–Kier alpha value is -1.03. The summed E-state index contributed by atoms with van der Waals surface area (Å²) in [4.78, 5) is 14.4. The zero-order chi connectivity index (χ0) is 11.7. The zero-order valence-corrected chi connectivity index (χ0v) is 10.7. The lowest BCUT2D eigenvalue weighted by atomic mass is 10.1. The number of carbonyl (C=O) groups excluding carboxylic acids is 1. The van der Waals surface area contributed by atoms with E-state index >= 15 is 0 Å². The van der Waals surface area contributed by atoms with Gasteiger partial charge in [-0.1, -0.05) is 15.9 Å². The fourth-order valence-corrected chi connectivity index (χ4v) is 2.51. The topological polar surface area (TPSA) is 40.5 Å². The summed E-state index contributed by atoms with van der Waals surface area (Å²) in [6.45, 7) is 3.41. The number of aromatic hydroxyl groups is 1. The quantitative estimate of drug-likeness (QED) is 0.804. The van der Waals surface area contributed by atoms with Gasteiger partial charge >= 0.3 is 0 Å². The highest BCUT2D eigenvalue weighted by molar-refractivity contribution is 9.09. The van der Waals surface area contributed by atoms with Crippen LogP contribution < -0.4 is 0 Å². The molecule has 1 unspecified atom stereocenters. The molecular weight excluding hydrogens is 270 g/mol. The Labute approximate surface area is 103 Å². The summed E-state index contributed by atoms with van der Waals surface area (Å²) in [5.74, 6) is 0.258. The van der Waals surface area contributed by atoms with E-state index in [-0.39, 0.29) is 11.7 Å². The van der Waals surface area contributed by atoms with E-state index in [1.54, 1.807) is 18.2 Å². The lowest BCUT2D eigenvalue weighted by Gasteiger charge is -2.17. The Bertz CT molecular complexity index is 419. The van der Waals surface area contributed by atoms with E-state index in [1.807, 2.05) is 11.8 Å². The standard InChI is InChI=1S/C12H14BrNO2/c1-8-6-10(15)2-3-11(8)12(16)14-5-4-9(13)7-14/h2-3,6,9,15H,4-5,7H2,1H3. The molecule has 16 heavy (non-hydrogen) atoms. The third kappa shape index (κ3) is 2.21. The lowest BCUT2D eigenvalue weighted by molar-refractivity contribution is 0.0793. The first-order chi connectivity index (χ1) is 7.58. The van der Waals surface area contributed by atoms with Crippen molar-refractivity contribution in [2.45, 2.75) is 18.2 Å². The van der Waals surface area contributed by atoms with E-state index in [0.29, 0.717) is 10.4 Å². The number of rotatable bonds is 1. The second-order valence-corrected chi connectivity index (χ2v) is 5.43. The average Bonchev–Trinajstić information content (AvgIpc) is 2.64. The number of nitrogens with zero attached hydrogens (tertiary/aromatic N) is 1. The molecule has 1 amide bonds. The van der Waals surface area contributed by atoms with Gasteiger partial charge in [0.05, 0.1) is 0 Å². The molecule has 1 aliphatic rings. The summed E-state index contributed by atoms with van der Waals surface area (Å²) in [6.07, 6.45) is 1.00. The SMILES string of the molecule is Cc1cc(O)ccc1C(=O)N1CCC(Br)C1. The predicted molar refractivity (Wildman–Crippen MR) is 66.1 cm³/mol. The van der Waals surface area contributed by atoms with Gasteiger partial charge in [-0.15, -0.1) is 0 Å². The van der Waals surface area contributed by atoms with Crippen molar-refractivity contribution in [2.24, 2.45) is 0 Å². The zero-order valence-electron chi connectivity index (χ0n) is 9.11. The number of aryl methyl sites for hydroxylation is 1. The molecule has 0 aromatic heterocycles. The van der Waals surface area contributed by atoms with Crippen LogP contribution in [-0.4, -0.2) is 33.8 Å². The molecule has 0 radical (unpaired) electrons. The average molecular weight is 284 g/mol. The highest BCUT2D eigenvalue weighted by atomic mass is 79.9. The molecule has 1 saturated heterocycles. The molecule has 1 N–H and O–H groups in total. The van der Waals surface area contributed by atoms with Crippen molar-refractivity contribution >= 4 is 21.8 Å². The van der Waals surface area contributed by atoms with Crippen LogP contribution in [0.25, 0.3) is 0 Å². The van der Waals surface area contributed by atoms with Crippen molar-refractivity contribution in [3.63, 3.8) is 0 Å². The summed E-state index contributed by atoms with van der Waals surface area (Å²) in [7, 11) is 0. The molecule has 0 saturated carbocycles. The molecule has 0 aliphatic carbocycles. The van der Waals surface area contributed by atoms with Gasteiger partial charge in [0.25, 0.3) is 5.91 Å². The first kappa shape index (κ1) is 11.5. The fourth-order valence-electron chi connectivity index (χ4n) is 1.96. The van der Waals surface area contributed by atoms with E-state index in [4.69, 9.17) is 0 Å². The normalized spacial score (nSPS) is 20.1. The van der Waals surface area contributed by atoms with Crippen LogP contribution in [0, 0.1) is 6.92 Å². The van der Waals surface area contributed by atoms with Crippen LogP contribution in [0.15, 0.2) is 18.2 Å². The van der Waals surface area contributed by atoms with Crippen molar-refractivity contribution in [1.29, 1.82) is 0 Å². The van der Waals surface area contributed by atoms with Crippen LogP contribution in [0.3, 0.4) is 0 Å². The predicted octanol–water partition coefficient (Wildman–Crippen LogP) is 2.31. The Morgan fingerprint density at radius 1 is 1.56 bits per heavy atom. The van der Waals surface area contributed by atoms with Gasteiger partial charge in [-0.05, 0) is 37.1 Å². The Morgan fingerprint density at radius 3 is 2.88 bits per heavy atom. The van der Waals surface area contributed by atoms with Gasteiger partial charge in [-0.2, -0.15) is 0 Å². The third-order valence-electron chi connectivity index (χ3n) is 2.86. The molecule has 1 aliphatic heterocycles. The van der Waals surface area contributed by atoms with Gasteiger partial charge in [0, 0.05) is 23.5 Å². The van der Waals surface area contributed by atoms with Crippen LogP contribution in [-0.2, 0) is 0 Å². The van der Waals surface area contributed by atoms with Crippen molar-refractivity contribution in [1.82, 2.24) is 4.90 Å². The lowest BCUT2D eigenvalue weighted by Crippen LogP contribution is -2.29. The number of phenolic OH excluding ortho intramolecular Hbond substituents is 1. The fraction of sp³-hybridized carbons (Fsp3) is 0.417. The molecule has 1 heterocycles. The number of phenols is 1. The summed E-state index contributed by atoms with van der Waals surface area (Å²) in [5, 5.41) is 9.29. The smallest absolute Gasteiger partial charge is 0.254 e. The Balaban J connectivity index is 2.21. The van der Waals surface area contributed by atoms with Crippen molar-refractivity contribution in [2.75, 3.05) is 13.1 Å². The van der Waals surface area contributed by atoms with E-state index in [0.717, 1.165) is 25.1 Å². The van der Waals surface area contributed by atoms with E-state index in [1.165, 1.54) is 0 Å². The molecule has 2 rings (SSSR count). The van der Waals surface area contributed by atoms with Crippen LogP contribution in [0.4, 0.5) is 0 Å². The molecule has 86 valence electrons. The molecule has 1 aromatic carbocycles.